The van der Waals surface area contributed by atoms with Crippen molar-refractivity contribution in [2.45, 2.75) is 18.8 Å². The molecule has 0 amide bonds. The molecule has 2 N–H and O–H groups in total. The third-order valence-corrected chi connectivity index (χ3v) is 10.6. The van der Waals surface area contributed by atoms with E-state index in [1.165, 1.54) is 10.9 Å². The fraction of sp³-hybridized carbons (Fsp3) is 0.0889. The Morgan fingerprint density at radius 2 is 1.45 bits per heavy atom. The van der Waals surface area contributed by atoms with Crippen molar-refractivity contribution in [1.82, 2.24) is 15.2 Å². The van der Waals surface area contributed by atoms with Gasteiger partial charge >= 0.3 is 0 Å². The van der Waals surface area contributed by atoms with E-state index in [1.54, 1.807) is 0 Å². The number of benzene rings is 6. The Kier molecular flexibility index (Phi) is 6.18. The van der Waals surface area contributed by atoms with Gasteiger partial charge in [0.15, 0.2) is 5.58 Å². The maximum Gasteiger partial charge on any atom is 0.160 e. The molecule has 3 atom stereocenters. The second kappa shape index (κ2) is 11.1. The zero-order chi connectivity index (χ0) is 33.5. The lowest BCUT2D eigenvalue weighted by molar-refractivity contribution is 0.339. The minimum absolute atomic E-state index is 0.0851. The molecule has 0 radical (unpaired) electrons. The number of aromatic nitrogens is 1. The van der Waals surface area contributed by atoms with Gasteiger partial charge in [0.25, 0.3) is 0 Å². The maximum atomic E-state index is 6.68. The average molecular weight is 661 g/mol. The van der Waals surface area contributed by atoms with Gasteiger partial charge in [0.2, 0.25) is 0 Å². The second-order valence-corrected chi connectivity index (χ2v) is 13.5. The summed E-state index contributed by atoms with van der Waals surface area (Å²) >= 11 is 0. The number of furan rings is 2. The molecule has 6 heteroatoms. The molecular weight excluding hydrogens is 629 g/mol. The molecule has 9 aromatic rings. The van der Waals surface area contributed by atoms with Crippen molar-refractivity contribution in [2.75, 3.05) is 0 Å². The van der Waals surface area contributed by atoms with Crippen LogP contribution in [-0.4, -0.2) is 16.6 Å². The molecule has 51 heavy (non-hydrogen) atoms. The quantitative estimate of drug-likeness (QED) is 0.197. The van der Waals surface area contributed by atoms with Crippen LogP contribution >= 0.6 is 0 Å². The molecule has 3 unspecified atom stereocenters. The first kappa shape index (κ1) is 28.5. The molecule has 11 rings (SSSR count). The molecule has 2 aliphatic rings. The lowest BCUT2D eigenvalue weighted by Gasteiger charge is -2.35. The van der Waals surface area contributed by atoms with E-state index in [4.69, 9.17) is 13.8 Å². The van der Waals surface area contributed by atoms with E-state index in [1.807, 2.05) is 12.1 Å². The van der Waals surface area contributed by atoms with Crippen molar-refractivity contribution in [3.8, 4) is 5.69 Å². The normalized spacial score (nSPS) is 19.1. The van der Waals surface area contributed by atoms with E-state index < -0.39 is 0 Å². The molecule has 244 valence electrons. The van der Waals surface area contributed by atoms with Gasteiger partial charge in [-0.1, -0.05) is 109 Å². The number of fused-ring (bicyclic) bond motifs is 10. The number of hydrogen-bond donors (Lipinski definition) is 2. The fourth-order valence-corrected chi connectivity index (χ4v) is 8.24. The third-order valence-electron chi connectivity index (χ3n) is 10.6. The molecule has 0 bridgehead atoms. The maximum absolute atomic E-state index is 6.68. The Labute approximate surface area is 293 Å². The number of amidine groups is 1. The van der Waals surface area contributed by atoms with E-state index in [2.05, 4.69) is 155 Å². The summed E-state index contributed by atoms with van der Waals surface area (Å²) in [6.45, 7) is 0. The summed E-state index contributed by atoms with van der Waals surface area (Å²) in [5, 5.41) is 14.2. The van der Waals surface area contributed by atoms with Gasteiger partial charge in [0.05, 0.1) is 16.7 Å². The molecular formula is C45H32N4O2. The van der Waals surface area contributed by atoms with Crippen LogP contribution in [0.3, 0.4) is 0 Å². The molecule has 0 spiro atoms. The number of rotatable bonds is 4. The minimum atomic E-state index is -0.0894. The van der Waals surface area contributed by atoms with Crippen molar-refractivity contribution in [3.63, 3.8) is 0 Å². The first-order chi connectivity index (χ1) is 25.3. The zero-order valence-corrected chi connectivity index (χ0v) is 27.6. The highest BCUT2D eigenvalue weighted by Gasteiger charge is 2.30. The second-order valence-electron chi connectivity index (χ2n) is 13.5. The summed E-state index contributed by atoms with van der Waals surface area (Å²) in [5.41, 5.74) is 8.82. The Morgan fingerprint density at radius 1 is 0.647 bits per heavy atom. The summed E-state index contributed by atoms with van der Waals surface area (Å²) < 4.78 is 15.6. The Morgan fingerprint density at radius 3 is 2.35 bits per heavy atom. The van der Waals surface area contributed by atoms with E-state index >= 15 is 0 Å². The first-order valence-electron chi connectivity index (χ1n) is 17.6. The van der Waals surface area contributed by atoms with Crippen LogP contribution in [0.2, 0.25) is 0 Å². The van der Waals surface area contributed by atoms with Crippen LogP contribution in [0.4, 0.5) is 0 Å². The van der Waals surface area contributed by atoms with E-state index in [9.17, 15) is 0 Å². The van der Waals surface area contributed by atoms with Gasteiger partial charge in [-0.15, -0.1) is 0 Å². The Bertz CT molecular complexity index is 2920. The summed E-state index contributed by atoms with van der Waals surface area (Å²) in [6, 6.07) is 44.6. The van der Waals surface area contributed by atoms with Crippen LogP contribution in [0.1, 0.15) is 23.7 Å². The molecule has 3 aromatic heterocycles. The number of nitrogens with zero attached hydrogens (tertiary/aromatic N) is 2. The highest BCUT2D eigenvalue weighted by molar-refractivity contribution is 6.22. The molecule has 0 saturated heterocycles. The first-order valence-corrected chi connectivity index (χ1v) is 17.6. The van der Waals surface area contributed by atoms with E-state index in [0.29, 0.717) is 0 Å². The Balaban J connectivity index is 1.10. The Hall–Kier alpha value is -6.37. The number of aliphatic imine (C=N–C) groups is 1. The van der Waals surface area contributed by atoms with E-state index in [-0.39, 0.29) is 18.2 Å². The van der Waals surface area contributed by atoms with Gasteiger partial charge in [-0.25, -0.2) is 4.99 Å². The summed E-state index contributed by atoms with van der Waals surface area (Å²) in [7, 11) is 0. The third kappa shape index (κ3) is 4.36. The van der Waals surface area contributed by atoms with Crippen molar-refractivity contribution in [2.24, 2.45) is 10.9 Å². The van der Waals surface area contributed by atoms with Crippen LogP contribution in [0.5, 0.6) is 0 Å². The SMILES string of the molecule is C1=CCC(C2N=C(c3cccc4oc5cc(-n6c7ccccc7c7ccc8c9ccccc9oc8c76)ccc5c34)NC(c3ccccc3)N2)C=C1. The molecule has 4 heterocycles. The molecule has 1 aliphatic heterocycles. The van der Waals surface area contributed by atoms with Gasteiger partial charge in [0.1, 0.15) is 34.9 Å². The summed E-state index contributed by atoms with van der Waals surface area (Å²) in [4.78, 5) is 5.31. The van der Waals surface area contributed by atoms with Gasteiger partial charge in [-0.05, 0) is 48.4 Å². The largest absolute Gasteiger partial charge is 0.456 e. The van der Waals surface area contributed by atoms with Crippen LogP contribution in [0.25, 0.3) is 71.4 Å². The van der Waals surface area contributed by atoms with Crippen molar-refractivity contribution < 1.29 is 8.83 Å². The van der Waals surface area contributed by atoms with Crippen LogP contribution in [-0.2, 0) is 0 Å². The van der Waals surface area contributed by atoms with E-state index in [0.717, 1.165) is 83.8 Å². The topological polar surface area (TPSA) is 67.6 Å². The monoisotopic (exact) mass is 660 g/mol. The molecule has 0 saturated carbocycles. The van der Waals surface area contributed by atoms with Crippen molar-refractivity contribution in [1.29, 1.82) is 0 Å². The number of para-hydroxylation sites is 2. The predicted molar refractivity (Wildman–Crippen MR) is 208 cm³/mol. The van der Waals surface area contributed by atoms with Gasteiger partial charge in [0, 0.05) is 49.9 Å². The summed E-state index contributed by atoms with van der Waals surface area (Å²) in [5.74, 6) is 1.12. The molecule has 6 nitrogen and oxygen atoms in total. The molecule has 6 aromatic carbocycles. The lowest BCUT2D eigenvalue weighted by atomic mass is 9.95. The van der Waals surface area contributed by atoms with Crippen LogP contribution in [0, 0.1) is 5.92 Å². The lowest BCUT2D eigenvalue weighted by Crippen LogP contribution is -2.50. The average Bonchev–Trinajstić information content (AvgIpc) is 3.87. The smallest absolute Gasteiger partial charge is 0.160 e. The molecule has 1 aliphatic carbocycles. The number of allylic oxidation sites excluding steroid dienone is 3. The number of hydrogen-bond acceptors (Lipinski definition) is 5. The zero-order valence-electron chi connectivity index (χ0n) is 27.6. The van der Waals surface area contributed by atoms with Gasteiger partial charge in [-0.3, -0.25) is 5.32 Å². The van der Waals surface area contributed by atoms with Crippen molar-refractivity contribution >= 4 is 71.5 Å². The van der Waals surface area contributed by atoms with Crippen molar-refractivity contribution in [3.05, 3.63) is 163 Å². The van der Waals surface area contributed by atoms with Crippen LogP contribution < -0.4 is 10.6 Å². The molecule has 0 fully saturated rings. The number of nitrogens with one attached hydrogen (secondary N) is 2. The predicted octanol–water partition coefficient (Wildman–Crippen LogP) is 10.7. The van der Waals surface area contributed by atoms with Gasteiger partial charge < -0.3 is 18.7 Å². The standard InChI is InChI=1S/C45H32N4O2/c1-3-12-27(13-4-1)43-46-44(28-14-5-2-6-15-28)48-45(47-43)35-18-11-21-38-40(35)34-23-22-29(26-39(34)50-38)49-36-19-9-7-16-30(36)32-24-25-33-31-17-8-10-20-37(31)51-42(33)41(32)49/h1-14,16-26,28,43-44,46H,15H2,(H,47,48). The minimum Gasteiger partial charge on any atom is -0.456 e. The highest BCUT2D eigenvalue weighted by Crippen LogP contribution is 2.41. The fourth-order valence-electron chi connectivity index (χ4n) is 8.24. The van der Waals surface area contributed by atoms with Crippen LogP contribution in [0.15, 0.2) is 166 Å². The van der Waals surface area contributed by atoms with Gasteiger partial charge in [-0.2, -0.15) is 0 Å². The summed E-state index contributed by atoms with van der Waals surface area (Å²) in [6.07, 6.45) is 9.49. The highest BCUT2D eigenvalue weighted by atomic mass is 16.3.